The first-order valence-electron chi connectivity index (χ1n) is 8.91. The lowest BCUT2D eigenvalue weighted by atomic mass is 10.1. The van der Waals surface area contributed by atoms with E-state index in [2.05, 4.69) is 4.99 Å². The summed E-state index contributed by atoms with van der Waals surface area (Å²) in [6, 6.07) is 19.0. The second-order valence-electron chi connectivity index (χ2n) is 6.49. The van der Waals surface area contributed by atoms with Crippen molar-refractivity contribution in [2.75, 3.05) is 4.90 Å². The molecule has 1 aliphatic heterocycles. The van der Waals surface area contributed by atoms with Crippen LogP contribution in [0.15, 0.2) is 76.6 Å². The fourth-order valence-electron chi connectivity index (χ4n) is 3.20. The molecule has 0 aliphatic carbocycles. The molecule has 3 aromatic carbocycles. The van der Waals surface area contributed by atoms with Gasteiger partial charge in [-0.2, -0.15) is 13.8 Å². The highest BCUT2D eigenvalue weighted by Crippen LogP contribution is 2.32. The third-order valence-electron chi connectivity index (χ3n) is 4.59. The Bertz CT molecular complexity index is 1140. The lowest BCUT2D eigenvalue weighted by Crippen LogP contribution is -2.25. The van der Waals surface area contributed by atoms with E-state index >= 15 is 0 Å². The van der Waals surface area contributed by atoms with Crippen LogP contribution in [0, 0.1) is 0 Å². The topological polar surface area (TPSA) is 32.7 Å². The molecule has 0 N–H and O–H groups in total. The van der Waals surface area contributed by atoms with Crippen molar-refractivity contribution in [3.05, 3.63) is 93.5 Å². The van der Waals surface area contributed by atoms with E-state index in [1.54, 1.807) is 36.4 Å². The molecule has 30 heavy (non-hydrogen) atoms. The Kier molecular flexibility index (Phi) is 6.09. The fourth-order valence-corrected chi connectivity index (χ4v) is 4.00. The largest absolute Gasteiger partial charge is 0.321 e. The van der Waals surface area contributed by atoms with Gasteiger partial charge in [0.1, 0.15) is 5.84 Å². The molecule has 152 valence electrons. The minimum atomic E-state index is -2.48. The molecule has 0 unspecified atom stereocenters. The summed E-state index contributed by atoms with van der Waals surface area (Å²) in [6.07, 6.45) is 0. The smallest absolute Gasteiger partial charge is 0.288 e. The van der Waals surface area contributed by atoms with Crippen LogP contribution in [0.3, 0.4) is 0 Å². The number of nitrogens with zero attached hydrogens (tertiary/aromatic N) is 2. The van der Waals surface area contributed by atoms with Gasteiger partial charge in [-0.15, -0.1) is 0 Å². The van der Waals surface area contributed by atoms with E-state index in [0.29, 0.717) is 39.6 Å². The summed E-state index contributed by atoms with van der Waals surface area (Å²) < 4.78 is 25.2. The number of benzene rings is 3. The Labute approximate surface area is 186 Å². The quantitative estimate of drug-likeness (QED) is 0.394. The Morgan fingerprint density at radius 2 is 1.73 bits per heavy atom. The maximum atomic E-state index is 12.8. The van der Waals surface area contributed by atoms with Gasteiger partial charge in [0, 0.05) is 21.7 Å². The van der Waals surface area contributed by atoms with Crippen molar-refractivity contribution in [1.82, 2.24) is 0 Å². The number of carbonyl (C=O) groups excluding carboxylic acids is 1. The molecule has 0 saturated heterocycles. The number of thioether (sulfide) groups is 1. The molecule has 1 aliphatic rings. The highest BCUT2D eigenvalue weighted by atomic mass is 35.5. The molecule has 0 radical (unpaired) electrons. The van der Waals surface area contributed by atoms with Crippen LogP contribution >= 0.6 is 35.0 Å². The van der Waals surface area contributed by atoms with Crippen molar-refractivity contribution in [2.45, 2.75) is 17.2 Å². The van der Waals surface area contributed by atoms with E-state index in [0.717, 1.165) is 16.8 Å². The minimum absolute atomic E-state index is 0.276. The SMILES string of the molecule is O=C(N=C1c2ccccc2CN1c1ccc(SC(F)F)cc1)c1ccc(Cl)c(Cl)c1. The van der Waals surface area contributed by atoms with Gasteiger partial charge in [0.25, 0.3) is 11.7 Å². The summed E-state index contributed by atoms with van der Waals surface area (Å²) in [5.74, 6) is -2.43. The van der Waals surface area contributed by atoms with E-state index in [-0.39, 0.29) is 5.02 Å². The van der Waals surface area contributed by atoms with Crippen molar-refractivity contribution in [3.63, 3.8) is 0 Å². The third kappa shape index (κ3) is 4.36. The van der Waals surface area contributed by atoms with Gasteiger partial charge < -0.3 is 4.90 Å². The monoisotopic (exact) mass is 462 g/mol. The van der Waals surface area contributed by atoms with Crippen molar-refractivity contribution in [3.8, 4) is 0 Å². The van der Waals surface area contributed by atoms with Gasteiger partial charge in [0.2, 0.25) is 0 Å². The molecule has 3 nitrogen and oxygen atoms in total. The van der Waals surface area contributed by atoms with Crippen LogP contribution in [0.25, 0.3) is 0 Å². The zero-order chi connectivity index (χ0) is 21.3. The summed E-state index contributed by atoms with van der Waals surface area (Å²) >= 11 is 12.5. The number of rotatable bonds is 4. The summed E-state index contributed by atoms with van der Waals surface area (Å²) in [6.45, 7) is 0.519. The van der Waals surface area contributed by atoms with Crippen molar-refractivity contribution >= 4 is 52.4 Å². The van der Waals surface area contributed by atoms with Crippen LogP contribution in [0.4, 0.5) is 14.5 Å². The number of halogens is 4. The van der Waals surface area contributed by atoms with E-state index in [4.69, 9.17) is 23.2 Å². The number of aliphatic imine (C=N–C) groups is 1. The van der Waals surface area contributed by atoms with Gasteiger partial charge in [-0.1, -0.05) is 59.2 Å². The summed E-state index contributed by atoms with van der Waals surface area (Å²) in [4.78, 5) is 19.5. The minimum Gasteiger partial charge on any atom is -0.321 e. The van der Waals surface area contributed by atoms with Crippen LogP contribution < -0.4 is 4.90 Å². The molecule has 3 aromatic rings. The van der Waals surface area contributed by atoms with Gasteiger partial charge in [-0.05, 0) is 48.0 Å². The number of anilines is 1. The number of alkyl halides is 2. The predicted octanol–water partition coefficient (Wildman–Crippen LogP) is 6.92. The van der Waals surface area contributed by atoms with Crippen LogP contribution in [-0.2, 0) is 6.54 Å². The van der Waals surface area contributed by atoms with E-state index in [1.165, 1.54) is 6.07 Å². The van der Waals surface area contributed by atoms with Crippen LogP contribution in [0.5, 0.6) is 0 Å². The van der Waals surface area contributed by atoms with Crippen molar-refractivity contribution in [1.29, 1.82) is 0 Å². The van der Waals surface area contributed by atoms with Gasteiger partial charge in [0.05, 0.1) is 16.6 Å². The van der Waals surface area contributed by atoms with Gasteiger partial charge in [-0.3, -0.25) is 4.79 Å². The molecule has 4 rings (SSSR count). The maximum absolute atomic E-state index is 12.8. The van der Waals surface area contributed by atoms with Crippen molar-refractivity contribution in [2.24, 2.45) is 4.99 Å². The van der Waals surface area contributed by atoms with E-state index in [9.17, 15) is 13.6 Å². The Morgan fingerprint density at radius 1 is 1.00 bits per heavy atom. The molecule has 0 aromatic heterocycles. The molecule has 0 bridgehead atoms. The number of amidine groups is 1. The molecule has 0 saturated carbocycles. The second-order valence-corrected chi connectivity index (χ2v) is 8.36. The third-order valence-corrected chi connectivity index (χ3v) is 6.05. The van der Waals surface area contributed by atoms with Gasteiger partial charge >= 0.3 is 0 Å². The fraction of sp³-hybridized carbons (Fsp3) is 0.0909. The molecular weight excluding hydrogens is 449 g/mol. The number of hydrogen-bond donors (Lipinski definition) is 0. The first kappa shape index (κ1) is 20.8. The predicted molar refractivity (Wildman–Crippen MR) is 118 cm³/mol. The second kappa shape index (κ2) is 8.76. The number of hydrogen-bond acceptors (Lipinski definition) is 2. The highest BCUT2D eigenvalue weighted by Gasteiger charge is 2.27. The molecule has 0 atom stereocenters. The zero-order valence-electron chi connectivity index (χ0n) is 15.4. The number of amides is 1. The van der Waals surface area contributed by atoms with Crippen LogP contribution in [-0.4, -0.2) is 17.5 Å². The summed E-state index contributed by atoms with van der Waals surface area (Å²) in [7, 11) is 0. The first-order valence-corrected chi connectivity index (χ1v) is 10.5. The summed E-state index contributed by atoms with van der Waals surface area (Å²) in [5, 5.41) is 0.633. The average Bonchev–Trinajstić information content (AvgIpc) is 3.08. The highest BCUT2D eigenvalue weighted by molar-refractivity contribution is 7.99. The average molecular weight is 463 g/mol. The Morgan fingerprint density at radius 3 is 2.43 bits per heavy atom. The van der Waals surface area contributed by atoms with Crippen molar-refractivity contribution < 1.29 is 13.6 Å². The number of fused-ring (bicyclic) bond motifs is 1. The molecule has 0 fully saturated rings. The Hall–Kier alpha value is -2.41. The Balaban J connectivity index is 1.71. The van der Waals surface area contributed by atoms with E-state index < -0.39 is 11.7 Å². The molecule has 8 heteroatoms. The van der Waals surface area contributed by atoms with E-state index in [1.807, 2.05) is 29.2 Å². The molecule has 1 heterocycles. The maximum Gasteiger partial charge on any atom is 0.288 e. The first-order chi connectivity index (χ1) is 14.4. The van der Waals surface area contributed by atoms with Crippen LogP contribution in [0.1, 0.15) is 21.5 Å². The van der Waals surface area contributed by atoms with Gasteiger partial charge in [0.15, 0.2) is 0 Å². The standard InChI is InChI=1S/C22H14Cl2F2N2OS/c23-18-10-5-13(11-19(18)24)21(29)27-20-17-4-2-1-3-14(17)12-28(20)15-6-8-16(9-7-15)30-22(25)26/h1-11,22H,12H2. The zero-order valence-corrected chi connectivity index (χ0v) is 17.7. The summed E-state index contributed by atoms with van der Waals surface area (Å²) in [5.41, 5.74) is 2.94. The van der Waals surface area contributed by atoms with Gasteiger partial charge in [-0.25, -0.2) is 0 Å². The number of carbonyl (C=O) groups is 1. The lowest BCUT2D eigenvalue weighted by molar-refractivity contribution is 0.100. The normalized spacial score (nSPS) is 14.4. The lowest BCUT2D eigenvalue weighted by Gasteiger charge is -2.19. The van der Waals surface area contributed by atoms with Crippen LogP contribution in [0.2, 0.25) is 10.0 Å². The molecule has 0 spiro atoms. The molecule has 1 amide bonds. The molecular formula is C22H14Cl2F2N2OS.